The SMILES string of the molecule is CC(=O)N1CCC(c2nnc3ccc(C(=O)NCCN(C)C)cn23)C1. The molecule has 0 aliphatic carbocycles. The van der Waals surface area contributed by atoms with Crippen molar-refractivity contribution in [1.82, 2.24) is 29.7 Å². The Labute approximate surface area is 146 Å². The Hall–Kier alpha value is -2.48. The maximum absolute atomic E-state index is 12.3. The van der Waals surface area contributed by atoms with Crippen molar-refractivity contribution in [1.29, 1.82) is 0 Å². The number of nitrogens with zero attached hydrogens (tertiary/aromatic N) is 5. The minimum Gasteiger partial charge on any atom is -0.351 e. The van der Waals surface area contributed by atoms with Crippen LogP contribution in [-0.4, -0.2) is 76.5 Å². The summed E-state index contributed by atoms with van der Waals surface area (Å²) in [6, 6.07) is 3.56. The van der Waals surface area contributed by atoms with Gasteiger partial charge in [0, 0.05) is 45.2 Å². The zero-order valence-corrected chi connectivity index (χ0v) is 14.9. The van der Waals surface area contributed by atoms with Gasteiger partial charge in [-0.2, -0.15) is 0 Å². The molecule has 0 spiro atoms. The van der Waals surface area contributed by atoms with Crippen LogP contribution in [0, 0.1) is 0 Å². The maximum Gasteiger partial charge on any atom is 0.252 e. The van der Waals surface area contributed by atoms with Crippen LogP contribution in [0.25, 0.3) is 5.65 Å². The first-order valence-corrected chi connectivity index (χ1v) is 8.49. The van der Waals surface area contributed by atoms with E-state index < -0.39 is 0 Å². The van der Waals surface area contributed by atoms with Crippen molar-refractivity contribution in [3.63, 3.8) is 0 Å². The van der Waals surface area contributed by atoms with E-state index in [-0.39, 0.29) is 17.7 Å². The largest absolute Gasteiger partial charge is 0.351 e. The van der Waals surface area contributed by atoms with Crippen LogP contribution in [-0.2, 0) is 4.79 Å². The Kier molecular flexibility index (Phi) is 4.98. The van der Waals surface area contributed by atoms with Gasteiger partial charge in [-0.15, -0.1) is 10.2 Å². The van der Waals surface area contributed by atoms with Crippen LogP contribution in [0.2, 0.25) is 0 Å². The lowest BCUT2D eigenvalue weighted by Crippen LogP contribution is -2.31. The minimum absolute atomic E-state index is 0.0808. The van der Waals surface area contributed by atoms with Gasteiger partial charge in [-0.1, -0.05) is 0 Å². The number of hydrogen-bond donors (Lipinski definition) is 1. The fourth-order valence-corrected chi connectivity index (χ4v) is 3.07. The number of carbonyl (C=O) groups excluding carboxylic acids is 2. The van der Waals surface area contributed by atoms with Gasteiger partial charge in [-0.3, -0.25) is 14.0 Å². The summed E-state index contributed by atoms with van der Waals surface area (Å²) in [4.78, 5) is 27.7. The summed E-state index contributed by atoms with van der Waals surface area (Å²) in [5.41, 5.74) is 1.29. The number of fused-ring (bicyclic) bond motifs is 1. The van der Waals surface area contributed by atoms with Crippen molar-refractivity contribution in [3.05, 3.63) is 29.7 Å². The number of likely N-dealkylation sites (tertiary alicyclic amines) is 1. The van der Waals surface area contributed by atoms with Gasteiger partial charge in [-0.05, 0) is 32.6 Å². The topological polar surface area (TPSA) is 82.8 Å². The molecule has 25 heavy (non-hydrogen) atoms. The molecule has 0 bridgehead atoms. The highest BCUT2D eigenvalue weighted by molar-refractivity contribution is 5.94. The molecule has 1 saturated heterocycles. The van der Waals surface area contributed by atoms with Crippen molar-refractivity contribution in [2.24, 2.45) is 0 Å². The average molecular weight is 344 g/mol. The highest BCUT2D eigenvalue weighted by Gasteiger charge is 2.29. The minimum atomic E-state index is -0.111. The van der Waals surface area contributed by atoms with Crippen LogP contribution in [0.4, 0.5) is 0 Å². The van der Waals surface area contributed by atoms with E-state index in [0.717, 1.165) is 25.3 Å². The van der Waals surface area contributed by atoms with E-state index in [0.29, 0.717) is 24.3 Å². The number of pyridine rings is 1. The first-order chi connectivity index (χ1) is 12.0. The molecule has 1 unspecified atom stereocenters. The second-order valence-electron chi connectivity index (χ2n) is 6.71. The zero-order valence-electron chi connectivity index (χ0n) is 14.9. The Balaban J connectivity index is 1.78. The molecule has 1 atom stereocenters. The lowest BCUT2D eigenvalue weighted by molar-refractivity contribution is -0.127. The van der Waals surface area contributed by atoms with Crippen LogP contribution in [0.1, 0.15) is 35.4 Å². The number of aromatic nitrogens is 3. The molecule has 8 nitrogen and oxygen atoms in total. The van der Waals surface area contributed by atoms with E-state index in [1.165, 1.54) is 0 Å². The molecule has 1 aliphatic rings. The Morgan fingerprint density at radius 1 is 1.32 bits per heavy atom. The monoisotopic (exact) mass is 344 g/mol. The molecule has 134 valence electrons. The molecular weight excluding hydrogens is 320 g/mol. The van der Waals surface area contributed by atoms with Crippen molar-refractivity contribution >= 4 is 17.5 Å². The third-order valence-electron chi connectivity index (χ3n) is 4.53. The Bertz CT molecular complexity index is 785. The molecule has 3 heterocycles. The first kappa shape index (κ1) is 17.3. The number of carbonyl (C=O) groups is 2. The van der Waals surface area contributed by atoms with Crippen molar-refractivity contribution in [2.75, 3.05) is 40.3 Å². The van der Waals surface area contributed by atoms with Gasteiger partial charge < -0.3 is 15.1 Å². The molecule has 1 N–H and O–H groups in total. The zero-order chi connectivity index (χ0) is 18.0. The fraction of sp³-hybridized carbons (Fsp3) is 0.529. The van der Waals surface area contributed by atoms with E-state index in [4.69, 9.17) is 0 Å². The van der Waals surface area contributed by atoms with Gasteiger partial charge in [-0.25, -0.2) is 0 Å². The molecular formula is C17H24N6O2. The second-order valence-corrected chi connectivity index (χ2v) is 6.71. The second kappa shape index (κ2) is 7.18. The molecule has 2 aromatic heterocycles. The summed E-state index contributed by atoms with van der Waals surface area (Å²) in [5.74, 6) is 0.921. The summed E-state index contributed by atoms with van der Waals surface area (Å²) in [6.07, 6.45) is 2.64. The van der Waals surface area contributed by atoms with Crippen LogP contribution in [0.15, 0.2) is 18.3 Å². The maximum atomic E-state index is 12.3. The molecule has 1 aliphatic heterocycles. The number of amides is 2. The number of likely N-dealkylation sites (N-methyl/N-ethyl adjacent to an activating group) is 1. The van der Waals surface area contributed by atoms with Crippen LogP contribution >= 0.6 is 0 Å². The van der Waals surface area contributed by atoms with Crippen LogP contribution in [0.5, 0.6) is 0 Å². The first-order valence-electron chi connectivity index (χ1n) is 8.49. The average Bonchev–Trinajstić information content (AvgIpc) is 3.20. The van der Waals surface area contributed by atoms with Crippen LogP contribution in [0.3, 0.4) is 0 Å². The van der Waals surface area contributed by atoms with Gasteiger partial charge >= 0.3 is 0 Å². The summed E-state index contributed by atoms with van der Waals surface area (Å²) < 4.78 is 1.87. The predicted octanol–water partition coefficient (Wildman–Crippen LogP) is 0.357. The molecule has 0 radical (unpaired) electrons. The molecule has 2 aromatic rings. The third kappa shape index (κ3) is 3.79. The fourth-order valence-electron chi connectivity index (χ4n) is 3.07. The summed E-state index contributed by atoms with van der Waals surface area (Å²) in [5, 5.41) is 11.4. The highest BCUT2D eigenvalue weighted by atomic mass is 16.2. The quantitative estimate of drug-likeness (QED) is 0.847. The van der Waals surface area contributed by atoms with Crippen LogP contribution < -0.4 is 5.32 Å². The van der Waals surface area contributed by atoms with Gasteiger partial charge in [0.2, 0.25) is 5.91 Å². The number of rotatable bonds is 5. The predicted molar refractivity (Wildman–Crippen MR) is 93.5 cm³/mol. The van der Waals surface area contributed by atoms with E-state index in [1.54, 1.807) is 25.3 Å². The lowest BCUT2D eigenvalue weighted by Gasteiger charge is -2.13. The van der Waals surface area contributed by atoms with Crippen molar-refractivity contribution in [3.8, 4) is 0 Å². The van der Waals surface area contributed by atoms with Gasteiger partial charge in [0.05, 0.1) is 5.56 Å². The Morgan fingerprint density at radius 2 is 2.12 bits per heavy atom. The van der Waals surface area contributed by atoms with Gasteiger partial charge in [0.1, 0.15) is 5.82 Å². The van der Waals surface area contributed by atoms with E-state index in [1.807, 2.05) is 28.3 Å². The molecule has 0 saturated carbocycles. The van der Waals surface area contributed by atoms with Gasteiger partial charge in [0.25, 0.3) is 5.91 Å². The highest BCUT2D eigenvalue weighted by Crippen LogP contribution is 2.26. The summed E-state index contributed by atoms with van der Waals surface area (Å²) in [7, 11) is 3.93. The van der Waals surface area contributed by atoms with Gasteiger partial charge in [0.15, 0.2) is 5.65 Å². The third-order valence-corrected chi connectivity index (χ3v) is 4.53. The summed E-state index contributed by atoms with van der Waals surface area (Å²) in [6.45, 7) is 4.35. The smallest absolute Gasteiger partial charge is 0.252 e. The van der Waals surface area contributed by atoms with E-state index >= 15 is 0 Å². The van der Waals surface area contributed by atoms with Crippen molar-refractivity contribution in [2.45, 2.75) is 19.3 Å². The molecule has 0 aromatic carbocycles. The standard InChI is InChI=1S/C17H24N6O2/c1-12(24)22-8-6-13(10-22)16-20-19-15-5-4-14(11-23(15)16)17(25)18-7-9-21(2)3/h4-5,11,13H,6-10H2,1-3H3,(H,18,25). The normalized spacial score (nSPS) is 17.4. The molecule has 3 rings (SSSR count). The van der Waals surface area contributed by atoms with E-state index in [2.05, 4.69) is 15.5 Å². The lowest BCUT2D eigenvalue weighted by atomic mass is 10.1. The number of hydrogen-bond acceptors (Lipinski definition) is 5. The molecule has 2 amide bonds. The Morgan fingerprint density at radius 3 is 2.80 bits per heavy atom. The molecule has 1 fully saturated rings. The van der Waals surface area contributed by atoms with E-state index in [9.17, 15) is 9.59 Å². The van der Waals surface area contributed by atoms with Crippen molar-refractivity contribution < 1.29 is 9.59 Å². The summed E-state index contributed by atoms with van der Waals surface area (Å²) >= 11 is 0. The molecule has 8 heteroatoms. The number of nitrogens with one attached hydrogen (secondary N) is 1.